The Morgan fingerprint density at radius 3 is 2.51 bits per heavy atom. The lowest BCUT2D eigenvalue weighted by molar-refractivity contribution is 0.251. The number of fused-ring (bicyclic) bond motifs is 1. The minimum Gasteiger partial charge on any atom is -0.387 e. The number of dihydropyridines is 2. The Morgan fingerprint density at radius 2 is 1.72 bits per heavy atom. The lowest BCUT2D eigenvalue weighted by Gasteiger charge is -2.34. The van der Waals surface area contributed by atoms with Crippen LogP contribution >= 0.6 is 0 Å². The summed E-state index contributed by atoms with van der Waals surface area (Å²) in [5.74, 6) is 0. The highest BCUT2D eigenvalue weighted by molar-refractivity contribution is 5.57. The number of nitrogens with two attached hydrogens (primary N) is 1. The molecular formula is C43H52N4. The molecule has 3 aliphatic heterocycles. The summed E-state index contributed by atoms with van der Waals surface area (Å²) >= 11 is 0. The number of nitrogens with one attached hydrogen (secondary N) is 2. The van der Waals surface area contributed by atoms with Gasteiger partial charge in [-0.25, -0.2) is 0 Å². The second kappa shape index (κ2) is 16.1. The highest BCUT2D eigenvalue weighted by Gasteiger charge is 2.25. The molecule has 0 radical (unpaired) electrons. The van der Waals surface area contributed by atoms with Crippen LogP contribution in [-0.4, -0.2) is 43.2 Å². The van der Waals surface area contributed by atoms with Crippen molar-refractivity contribution >= 4 is 0 Å². The lowest BCUT2D eigenvalue weighted by Crippen LogP contribution is -2.38. The zero-order valence-electron chi connectivity index (χ0n) is 28.3. The van der Waals surface area contributed by atoms with Gasteiger partial charge in [-0.05, 0) is 115 Å². The molecule has 0 fully saturated rings. The van der Waals surface area contributed by atoms with Gasteiger partial charge in [0.05, 0.1) is 0 Å². The maximum Gasteiger partial charge on any atom is 0.0498 e. The van der Waals surface area contributed by atoms with Crippen LogP contribution in [0, 0.1) is 0 Å². The molecule has 4 nitrogen and oxygen atoms in total. The predicted octanol–water partition coefficient (Wildman–Crippen LogP) is 8.42. The molecule has 0 saturated carbocycles. The topological polar surface area (TPSA) is 53.3 Å². The zero-order valence-corrected chi connectivity index (χ0v) is 28.3. The van der Waals surface area contributed by atoms with E-state index in [0.717, 1.165) is 57.4 Å². The minimum atomic E-state index is -0.132. The number of rotatable bonds is 7. The summed E-state index contributed by atoms with van der Waals surface area (Å²) in [5, 5.41) is 6.67. The van der Waals surface area contributed by atoms with E-state index in [2.05, 4.69) is 133 Å². The van der Waals surface area contributed by atoms with Crippen molar-refractivity contribution in [2.24, 2.45) is 5.73 Å². The first kappa shape index (κ1) is 32.8. The normalized spacial score (nSPS) is 30.1. The van der Waals surface area contributed by atoms with Crippen molar-refractivity contribution in [3.63, 3.8) is 0 Å². The van der Waals surface area contributed by atoms with Crippen LogP contribution in [0.5, 0.6) is 0 Å². The predicted molar refractivity (Wildman–Crippen MR) is 200 cm³/mol. The molecule has 6 aliphatic rings. The average Bonchev–Trinajstić information content (AvgIpc) is 3.16. The molecule has 0 saturated heterocycles. The molecule has 0 aromatic rings. The molecule has 0 amide bonds. The third-order valence-corrected chi connectivity index (χ3v) is 10.1. The van der Waals surface area contributed by atoms with Gasteiger partial charge in [-0.15, -0.1) is 0 Å². The van der Waals surface area contributed by atoms with Crippen molar-refractivity contribution in [2.75, 3.05) is 26.2 Å². The van der Waals surface area contributed by atoms with Gasteiger partial charge in [0.2, 0.25) is 0 Å². The van der Waals surface area contributed by atoms with Gasteiger partial charge in [-0.2, -0.15) is 0 Å². The van der Waals surface area contributed by atoms with Crippen molar-refractivity contribution in [3.8, 4) is 0 Å². The van der Waals surface area contributed by atoms with Crippen LogP contribution < -0.4 is 16.4 Å². The second-order valence-corrected chi connectivity index (χ2v) is 13.4. The van der Waals surface area contributed by atoms with Gasteiger partial charge in [-0.1, -0.05) is 97.2 Å². The molecule has 3 aliphatic carbocycles. The quantitative estimate of drug-likeness (QED) is 0.197. The zero-order chi connectivity index (χ0) is 32.4. The molecule has 47 heavy (non-hydrogen) atoms. The van der Waals surface area contributed by atoms with Gasteiger partial charge >= 0.3 is 0 Å². The Labute approximate surface area is 283 Å². The fraction of sp³-hybridized carbons (Fsp3) is 0.349. The van der Waals surface area contributed by atoms with Crippen LogP contribution in [0.3, 0.4) is 0 Å². The maximum atomic E-state index is 6.51. The van der Waals surface area contributed by atoms with Crippen LogP contribution in [0.25, 0.3) is 0 Å². The minimum absolute atomic E-state index is 0.132. The largest absolute Gasteiger partial charge is 0.387 e. The molecule has 4 N–H and O–H groups in total. The Bertz CT molecular complexity index is 1630. The van der Waals surface area contributed by atoms with Crippen LogP contribution in [0.1, 0.15) is 58.8 Å². The van der Waals surface area contributed by atoms with E-state index in [9.17, 15) is 0 Å². The van der Waals surface area contributed by atoms with Crippen LogP contribution in [-0.2, 0) is 0 Å². The summed E-state index contributed by atoms with van der Waals surface area (Å²) in [5.41, 5.74) is 20.1. The van der Waals surface area contributed by atoms with Gasteiger partial charge in [-0.3, -0.25) is 4.90 Å². The van der Waals surface area contributed by atoms with E-state index in [-0.39, 0.29) is 6.04 Å². The third kappa shape index (κ3) is 8.43. The molecule has 2 atom stereocenters. The van der Waals surface area contributed by atoms with Gasteiger partial charge < -0.3 is 16.4 Å². The number of allylic oxidation sites excluding steroid dienone is 16. The van der Waals surface area contributed by atoms with Gasteiger partial charge in [0.15, 0.2) is 0 Å². The molecule has 0 aromatic heterocycles. The van der Waals surface area contributed by atoms with Crippen LogP contribution in [0.15, 0.2) is 165 Å². The molecule has 244 valence electrons. The molecule has 0 aromatic carbocycles. The molecule has 0 spiro atoms. The molecular weight excluding hydrogens is 573 g/mol. The lowest BCUT2D eigenvalue weighted by atomic mass is 9.86. The van der Waals surface area contributed by atoms with E-state index >= 15 is 0 Å². The number of nitrogens with zero attached hydrogens (tertiary/aromatic N) is 1. The smallest absolute Gasteiger partial charge is 0.0498 e. The highest BCUT2D eigenvalue weighted by atomic mass is 15.2. The Morgan fingerprint density at radius 1 is 0.851 bits per heavy atom. The monoisotopic (exact) mass is 624 g/mol. The summed E-state index contributed by atoms with van der Waals surface area (Å²) < 4.78 is 0. The Hall–Kier alpha value is -4.12. The van der Waals surface area contributed by atoms with Crippen molar-refractivity contribution in [1.82, 2.24) is 15.5 Å². The fourth-order valence-corrected chi connectivity index (χ4v) is 7.22. The summed E-state index contributed by atoms with van der Waals surface area (Å²) in [4.78, 5) is 2.74. The summed E-state index contributed by atoms with van der Waals surface area (Å²) in [7, 11) is 0. The molecule has 6 rings (SSSR count). The third-order valence-electron chi connectivity index (χ3n) is 10.1. The first-order chi connectivity index (χ1) is 23.1. The highest BCUT2D eigenvalue weighted by Crippen LogP contribution is 2.35. The number of hydrogen-bond acceptors (Lipinski definition) is 4. The van der Waals surface area contributed by atoms with Crippen molar-refractivity contribution in [3.05, 3.63) is 165 Å². The van der Waals surface area contributed by atoms with Crippen molar-refractivity contribution < 1.29 is 0 Å². The van der Waals surface area contributed by atoms with E-state index in [0.29, 0.717) is 6.04 Å². The van der Waals surface area contributed by atoms with E-state index in [1.165, 1.54) is 69.4 Å². The molecule has 4 heteroatoms. The van der Waals surface area contributed by atoms with Gasteiger partial charge in [0.25, 0.3) is 0 Å². The van der Waals surface area contributed by atoms with E-state index in [4.69, 9.17) is 5.73 Å². The van der Waals surface area contributed by atoms with Crippen molar-refractivity contribution in [1.29, 1.82) is 0 Å². The van der Waals surface area contributed by atoms with E-state index in [1.807, 2.05) is 6.20 Å². The summed E-state index contributed by atoms with van der Waals surface area (Å²) in [6.07, 6.45) is 48.9. The first-order valence-corrected chi connectivity index (χ1v) is 17.7. The molecule has 3 heterocycles. The van der Waals surface area contributed by atoms with Gasteiger partial charge in [0.1, 0.15) is 0 Å². The molecule has 0 bridgehead atoms. The first-order valence-electron chi connectivity index (χ1n) is 17.7. The second-order valence-electron chi connectivity index (χ2n) is 13.4. The van der Waals surface area contributed by atoms with E-state index < -0.39 is 0 Å². The van der Waals surface area contributed by atoms with E-state index in [1.54, 1.807) is 0 Å². The standard InChI is InChI=1S/C43H52N4/c1-32-23-24-38(35-15-10-14-34(27-35)36-16-11-25-45-28-36)30-47(40-18-4-3-5-19-40)31-39(42-21-8-7-20-41(42)33(32)2)13-6-9-22-43(44)37-17-12-26-46-29-37/h4,6-7,9,11-14,16-18,20,22-24,27-29,40,43,45-46H,3,5,8,10,15,19,21,25-26,30-31,44H2,1-2H3/b13-6+,22-9-,32-23+,38-24+,41-33+,42-39-. The Balaban J connectivity index is 1.38. The van der Waals surface area contributed by atoms with Crippen LogP contribution in [0.2, 0.25) is 0 Å². The Kier molecular flexibility index (Phi) is 11.3. The van der Waals surface area contributed by atoms with Crippen LogP contribution in [0.4, 0.5) is 0 Å². The summed E-state index contributed by atoms with van der Waals surface area (Å²) in [6, 6.07) is 0.287. The molecule has 2 unspecified atom stereocenters. The number of hydrogen-bond donors (Lipinski definition) is 3. The fourth-order valence-electron chi connectivity index (χ4n) is 7.22. The maximum absolute atomic E-state index is 6.51. The summed E-state index contributed by atoms with van der Waals surface area (Å²) in [6.45, 7) is 8.18. The van der Waals surface area contributed by atoms with Crippen molar-refractivity contribution in [2.45, 2.75) is 70.9 Å². The average molecular weight is 625 g/mol. The SMILES string of the molecule is CC1=C\C=C(\C2=CC(C3=CNCC=C3)=CCC2)CN(C2C=CCCC2)CC(/C=C/C=C\C(N)C2=CNCC=C2)=C2/CCC=C/C2=C\1C. The van der Waals surface area contributed by atoms with Gasteiger partial charge in [0, 0.05) is 50.7 Å².